The monoisotopic (exact) mass is 352 g/mol. The number of carboxylic acid groups (broad SMARTS) is 1. The highest BCUT2D eigenvalue weighted by Crippen LogP contribution is 2.29. The molecule has 0 aromatic heterocycles. The van der Waals surface area contributed by atoms with Crippen LogP contribution in [0, 0.1) is 5.92 Å². The standard InChI is InChI=1S/C12H14Cl2N2O4S/c13-9-2-1-3-10(11(9)14)21(19,20)16-8-4-7(12(17)18)5-15-6-8/h1-3,7-8,15-16H,4-6H2,(H,17,18). The van der Waals surface area contributed by atoms with Crippen molar-refractivity contribution < 1.29 is 18.3 Å². The molecular weight excluding hydrogens is 339 g/mol. The van der Waals surface area contributed by atoms with Gasteiger partial charge in [0.2, 0.25) is 10.0 Å². The molecule has 21 heavy (non-hydrogen) atoms. The Kier molecular flexibility index (Phi) is 5.11. The van der Waals surface area contributed by atoms with Crippen LogP contribution < -0.4 is 10.0 Å². The second-order valence-electron chi connectivity index (χ2n) is 4.80. The SMILES string of the molecule is O=C(O)C1CNCC(NS(=O)(=O)c2cccc(Cl)c2Cl)C1. The van der Waals surface area contributed by atoms with Crippen LogP contribution >= 0.6 is 23.2 Å². The summed E-state index contributed by atoms with van der Waals surface area (Å²) in [6.07, 6.45) is 0.222. The summed E-state index contributed by atoms with van der Waals surface area (Å²) in [5.41, 5.74) is 0. The van der Waals surface area contributed by atoms with Gasteiger partial charge in [-0.05, 0) is 18.6 Å². The van der Waals surface area contributed by atoms with Gasteiger partial charge in [0.1, 0.15) is 4.90 Å². The van der Waals surface area contributed by atoms with E-state index in [9.17, 15) is 13.2 Å². The molecule has 0 bridgehead atoms. The molecule has 1 heterocycles. The molecule has 9 heteroatoms. The van der Waals surface area contributed by atoms with Gasteiger partial charge in [-0.25, -0.2) is 13.1 Å². The second-order valence-corrected chi connectivity index (χ2v) is 7.27. The van der Waals surface area contributed by atoms with E-state index in [1.165, 1.54) is 18.2 Å². The van der Waals surface area contributed by atoms with Gasteiger partial charge in [0.25, 0.3) is 0 Å². The molecule has 1 aromatic rings. The van der Waals surface area contributed by atoms with Crippen molar-refractivity contribution in [3.05, 3.63) is 28.2 Å². The molecule has 1 aliphatic heterocycles. The lowest BCUT2D eigenvalue weighted by Gasteiger charge is -2.28. The van der Waals surface area contributed by atoms with Crippen molar-refractivity contribution >= 4 is 39.2 Å². The van der Waals surface area contributed by atoms with Gasteiger partial charge in [0.15, 0.2) is 0 Å². The van der Waals surface area contributed by atoms with Gasteiger partial charge >= 0.3 is 5.97 Å². The minimum atomic E-state index is -3.86. The van der Waals surface area contributed by atoms with Crippen LogP contribution in [-0.2, 0) is 14.8 Å². The quantitative estimate of drug-likeness (QED) is 0.759. The molecule has 0 aliphatic carbocycles. The Hall–Kier alpha value is -0.860. The number of sulfonamides is 1. The van der Waals surface area contributed by atoms with Crippen LogP contribution in [0.2, 0.25) is 10.0 Å². The lowest BCUT2D eigenvalue weighted by molar-refractivity contribution is -0.142. The first kappa shape index (κ1) is 16.5. The molecule has 116 valence electrons. The Balaban J connectivity index is 2.18. The van der Waals surface area contributed by atoms with Crippen molar-refractivity contribution in [2.24, 2.45) is 5.92 Å². The topological polar surface area (TPSA) is 95.5 Å². The van der Waals surface area contributed by atoms with Crippen molar-refractivity contribution in [2.75, 3.05) is 13.1 Å². The summed E-state index contributed by atoms with van der Waals surface area (Å²) in [5.74, 6) is -1.58. The molecule has 2 rings (SSSR count). The number of benzene rings is 1. The van der Waals surface area contributed by atoms with Crippen LogP contribution in [0.15, 0.2) is 23.1 Å². The predicted molar refractivity (Wildman–Crippen MR) is 79.2 cm³/mol. The fourth-order valence-corrected chi connectivity index (χ4v) is 4.20. The molecule has 1 fully saturated rings. The van der Waals surface area contributed by atoms with Crippen LogP contribution in [0.1, 0.15) is 6.42 Å². The average Bonchev–Trinajstić information content (AvgIpc) is 2.41. The average molecular weight is 353 g/mol. The molecule has 1 aromatic carbocycles. The molecule has 2 atom stereocenters. The molecule has 0 amide bonds. The molecule has 6 nitrogen and oxygen atoms in total. The van der Waals surface area contributed by atoms with Crippen molar-refractivity contribution in [1.82, 2.24) is 10.0 Å². The van der Waals surface area contributed by atoms with E-state index in [0.717, 1.165) is 0 Å². The summed E-state index contributed by atoms with van der Waals surface area (Å²) in [7, 11) is -3.86. The van der Waals surface area contributed by atoms with Gasteiger partial charge in [-0.2, -0.15) is 0 Å². The van der Waals surface area contributed by atoms with Gasteiger partial charge in [0, 0.05) is 19.1 Å². The van der Waals surface area contributed by atoms with E-state index in [2.05, 4.69) is 10.0 Å². The summed E-state index contributed by atoms with van der Waals surface area (Å²) in [5, 5.41) is 12.0. The number of rotatable bonds is 4. The molecule has 0 radical (unpaired) electrons. The first-order valence-corrected chi connectivity index (χ1v) is 8.45. The molecule has 0 saturated carbocycles. The van der Waals surface area contributed by atoms with Gasteiger partial charge in [0.05, 0.1) is 16.0 Å². The fourth-order valence-electron chi connectivity index (χ4n) is 2.19. The minimum Gasteiger partial charge on any atom is -0.481 e. The maximum atomic E-state index is 12.3. The Labute approximate surface area is 132 Å². The number of nitrogens with one attached hydrogen (secondary N) is 2. The summed E-state index contributed by atoms with van der Waals surface area (Å²) >= 11 is 11.7. The van der Waals surface area contributed by atoms with E-state index in [1.807, 2.05) is 0 Å². The van der Waals surface area contributed by atoms with E-state index >= 15 is 0 Å². The highest BCUT2D eigenvalue weighted by atomic mass is 35.5. The Morgan fingerprint density at radius 1 is 1.33 bits per heavy atom. The maximum absolute atomic E-state index is 12.3. The van der Waals surface area contributed by atoms with E-state index in [1.54, 1.807) is 0 Å². The predicted octanol–water partition coefficient (Wildman–Crippen LogP) is 1.33. The van der Waals surface area contributed by atoms with Gasteiger partial charge in [-0.3, -0.25) is 4.79 Å². The number of halogens is 2. The summed E-state index contributed by atoms with van der Waals surface area (Å²) in [4.78, 5) is 10.9. The smallest absolute Gasteiger partial charge is 0.307 e. The zero-order valence-corrected chi connectivity index (χ0v) is 13.2. The number of piperidine rings is 1. The zero-order valence-electron chi connectivity index (χ0n) is 10.8. The van der Waals surface area contributed by atoms with Crippen molar-refractivity contribution in [2.45, 2.75) is 17.4 Å². The zero-order chi connectivity index (χ0) is 15.6. The van der Waals surface area contributed by atoms with Crippen LogP contribution in [0.4, 0.5) is 0 Å². The van der Waals surface area contributed by atoms with E-state index in [4.69, 9.17) is 28.3 Å². The Morgan fingerprint density at radius 2 is 2.05 bits per heavy atom. The molecule has 1 aliphatic rings. The third-order valence-electron chi connectivity index (χ3n) is 3.23. The van der Waals surface area contributed by atoms with E-state index in [-0.39, 0.29) is 21.4 Å². The van der Waals surface area contributed by atoms with E-state index in [0.29, 0.717) is 13.1 Å². The maximum Gasteiger partial charge on any atom is 0.307 e. The normalized spacial score (nSPS) is 23.0. The van der Waals surface area contributed by atoms with Crippen LogP contribution in [-0.4, -0.2) is 38.6 Å². The second kappa shape index (κ2) is 6.50. The third-order valence-corrected chi connectivity index (χ3v) is 5.72. The van der Waals surface area contributed by atoms with Crippen LogP contribution in [0.25, 0.3) is 0 Å². The first-order valence-electron chi connectivity index (χ1n) is 6.21. The van der Waals surface area contributed by atoms with Crippen LogP contribution in [0.3, 0.4) is 0 Å². The number of carbonyl (C=O) groups is 1. The molecular formula is C12H14Cl2N2O4S. The number of hydrogen-bond acceptors (Lipinski definition) is 4. The summed E-state index contributed by atoms with van der Waals surface area (Å²) < 4.78 is 27.1. The fraction of sp³-hybridized carbons (Fsp3) is 0.417. The number of aliphatic carboxylic acids is 1. The van der Waals surface area contributed by atoms with Gasteiger partial charge in [-0.15, -0.1) is 0 Å². The largest absolute Gasteiger partial charge is 0.481 e. The molecule has 0 spiro atoms. The first-order chi connectivity index (χ1) is 9.81. The Bertz CT molecular complexity index is 651. The van der Waals surface area contributed by atoms with Gasteiger partial charge in [-0.1, -0.05) is 29.3 Å². The number of carboxylic acids is 1. The lowest BCUT2D eigenvalue weighted by Crippen LogP contribution is -2.50. The number of hydrogen-bond donors (Lipinski definition) is 3. The molecule has 1 saturated heterocycles. The summed E-state index contributed by atoms with van der Waals surface area (Å²) in [6, 6.07) is 3.81. The highest BCUT2D eigenvalue weighted by molar-refractivity contribution is 7.89. The van der Waals surface area contributed by atoms with Crippen LogP contribution in [0.5, 0.6) is 0 Å². The third kappa shape index (κ3) is 3.87. The van der Waals surface area contributed by atoms with Crippen molar-refractivity contribution in [3.63, 3.8) is 0 Å². The van der Waals surface area contributed by atoms with Crippen molar-refractivity contribution in [1.29, 1.82) is 0 Å². The van der Waals surface area contributed by atoms with Gasteiger partial charge < -0.3 is 10.4 Å². The summed E-state index contributed by atoms with van der Waals surface area (Å²) in [6.45, 7) is 0.687. The Morgan fingerprint density at radius 3 is 2.71 bits per heavy atom. The lowest BCUT2D eigenvalue weighted by atomic mass is 9.97. The van der Waals surface area contributed by atoms with Crippen molar-refractivity contribution in [3.8, 4) is 0 Å². The minimum absolute atomic E-state index is 0.0507. The molecule has 2 unspecified atom stereocenters. The van der Waals surface area contributed by atoms with E-state index < -0.39 is 28.0 Å². The highest BCUT2D eigenvalue weighted by Gasteiger charge is 2.30. The molecule has 3 N–H and O–H groups in total.